The van der Waals surface area contributed by atoms with Crippen LogP contribution in [0.25, 0.3) is 0 Å². The number of carbonyl (C=O) groups excluding carboxylic acids is 2. The maximum atomic E-state index is 12.5. The molecule has 0 aromatic heterocycles. The molecule has 10 heteroatoms. The summed E-state index contributed by atoms with van der Waals surface area (Å²) in [5.74, 6) is -0.861. The van der Waals surface area contributed by atoms with Gasteiger partial charge in [-0.1, -0.05) is 109 Å². The molecule has 264 valence electrons. The molecule has 0 radical (unpaired) electrons. The Morgan fingerprint density at radius 2 is 1.11 bits per heavy atom. The molecule has 0 fully saturated rings. The SMILES string of the molecule is CCCC/C=C/CCCCCCCC(=O)O[C@H](COC(=O)CCCCC/C=C/CCCCCCCC)COP(=O)(O)OCCN. The molecule has 0 saturated carbocycles. The maximum absolute atomic E-state index is 12.5. The van der Waals surface area contributed by atoms with Gasteiger partial charge >= 0.3 is 19.8 Å². The van der Waals surface area contributed by atoms with Crippen LogP contribution in [0, 0.1) is 0 Å². The summed E-state index contributed by atoms with van der Waals surface area (Å²) in [6.07, 6.45) is 30.7. The zero-order valence-corrected chi connectivity index (χ0v) is 29.5. The molecule has 0 spiro atoms. The minimum atomic E-state index is -4.37. The van der Waals surface area contributed by atoms with E-state index >= 15 is 0 Å². The topological polar surface area (TPSA) is 134 Å². The maximum Gasteiger partial charge on any atom is 0.472 e. The third kappa shape index (κ3) is 32.2. The first kappa shape index (κ1) is 43.5. The van der Waals surface area contributed by atoms with Crippen molar-refractivity contribution in [3.8, 4) is 0 Å². The fraction of sp³-hybridized carbons (Fsp3) is 0.829. The van der Waals surface area contributed by atoms with Crippen LogP contribution in [0.1, 0.15) is 155 Å². The minimum Gasteiger partial charge on any atom is -0.462 e. The van der Waals surface area contributed by atoms with Crippen molar-refractivity contribution in [3.63, 3.8) is 0 Å². The van der Waals surface area contributed by atoms with Crippen LogP contribution < -0.4 is 5.73 Å². The average Bonchev–Trinajstić information content (AvgIpc) is 3.02. The lowest BCUT2D eigenvalue weighted by molar-refractivity contribution is -0.161. The van der Waals surface area contributed by atoms with Crippen LogP contribution in [-0.2, 0) is 32.7 Å². The molecule has 0 aromatic rings. The van der Waals surface area contributed by atoms with Crippen LogP contribution in [-0.4, -0.2) is 49.3 Å². The highest BCUT2D eigenvalue weighted by atomic mass is 31.2. The van der Waals surface area contributed by atoms with Crippen molar-refractivity contribution >= 4 is 19.8 Å². The molecule has 0 saturated heterocycles. The Balaban J connectivity index is 4.29. The fourth-order valence-electron chi connectivity index (χ4n) is 4.61. The molecule has 0 amide bonds. The molecule has 0 bridgehead atoms. The van der Waals surface area contributed by atoms with E-state index in [0.717, 1.165) is 64.2 Å². The third-order valence-corrected chi connectivity index (χ3v) is 8.29. The lowest BCUT2D eigenvalue weighted by atomic mass is 10.1. The normalized spacial score (nSPS) is 13.8. The Morgan fingerprint density at radius 1 is 0.644 bits per heavy atom. The fourth-order valence-corrected chi connectivity index (χ4v) is 5.37. The van der Waals surface area contributed by atoms with Gasteiger partial charge in [-0.3, -0.25) is 18.6 Å². The minimum absolute atomic E-state index is 0.0507. The summed E-state index contributed by atoms with van der Waals surface area (Å²) >= 11 is 0. The van der Waals surface area contributed by atoms with Gasteiger partial charge in [0.15, 0.2) is 6.10 Å². The largest absolute Gasteiger partial charge is 0.472 e. The van der Waals surface area contributed by atoms with Crippen molar-refractivity contribution in [1.29, 1.82) is 0 Å². The molecular formula is C35H66NO8P. The van der Waals surface area contributed by atoms with Crippen LogP contribution in [0.5, 0.6) is 0 Å². The highest BCUT2D eigenvalue weighted by Crippen LogP contribution is 2.43. The van der Waals surface area contributed by atoms with E-state index in [4.69, 9.17) is 24.3 Å². The number of phosphoric acid groups is 1. The summed E-state index contributed by atoms with van der Waals surface area (Å²) in [5.41, 5.74) is 5.32. The van der Waals surface area contributed by atoms with Gasteiger partial charge in [-0.15, -0.1) is 0 Å². The van der Waals surface area contributed by atoms with Crippen molar-refractivity contribution in [1.82, 2.24) is 0 Å². The lowest BCUT2D eigenvalue weighted by Crippen LogP contribution is -2.29. The third-order valence-electron chi connectivity index (χ3n) is 7.31. The Labute approximate surface area is 274 Å². The monoisotopic (exact) mass is 659 g/mol. The van der Waals surface area contributed by atoms with Gasteiger partial charge in [0.25, 0.3) is 0 Å². The van der Waals surface area contributed by atoms with E-state index in [1.807, 2.05) is 0 Å². The summed E-state index contributed by atoms with van der Waals surface area (Å²) < 4.78 is 32.5. The first-order chi connectivity index (χ1) is 21.8. The molecule has 3 N–H and O–H groups in total. The molecule has 0 rings (SSSR count). The van der Waals surface area contributed by atoms with Crippen LogP contribution in [0.2, 0.25) is 0 Å². The molecule has 0 aliphatic carbocycles. The summed E-state index contributed by atoms with van der Waals surface area (Å²) in [5, 5.41) is 0. The summed E-state index contributed by atoms with van der Waals surface area (Å²) in [4.78, 5) is 34.6. The second kappa shape index (κ2) is 32.4. The molecule has 45 heavy (non-hydrogen) atoms. The zero-order chi connectivity index (χ0) is 33.3. The van der Waals surface area contributed by atoms with Gasteiger partial charge < -0.3 is 20.1 Å². The van der Waals surface area contributed by atoms with Gasteiger partial charge in [0, 0.05) is 19.4 Å². The van der Waals surface area contributed by atoms with Crippen molar-refractivity contribution < 1.29 is 37.6 Å². The molecule has 9 nitrogen and oxygen atoms in total. The first-order valence-corrected chi connectivity index (χ1v) is 19.3. The Hall–Kier alpha value is -1.51. The van der Waals surface area contributed by atoms with Gasteiger partial charge in [-0.2, -0.15) is 0 Å². The Morgan fingerprint density at radius 3 is 1.67 bits per heavy atom. The van der Waals surface area contributed by atoms with Crippen molar-refractivity contribution in [2.24, 2.45) is 5.73 Å². The number of ether oxygens (including phenoxy) is 2. The summed E-state index contributed by atoms with van der Waals surface area (Å²) in [6, 6.07) is 0. The zero-order valence-electron chi connectivity index (χ0n) is 28.6. The molecule has 0 aliphatic rings. The van der Waals surface area contributed by atoms with Gasteiger partial charge in [0.1, 0.15) is 6.61 Å². The number of hydrogen-bond donors (Lipinski definition) is 2. The number of nitrogens with two attached hydrogens (primary N) is 1. The quantitative estimate of drug-likeness (QED) is 0.0306. The van der Waals surface area contributed by atoms with Gasteiger partial charge in [-0.05, 0) is 57.8 Å². The standard InChI is InChI=1S/C35H66NO8P/c1-3-5-7-9-11-13-15-16-18-19-21-23-25-27-34(37)41-31-33(32-43-45(39,40)42-30-29-36)44-35(38)28-26-24-22-20-17-14-12-10-8-6-4-2/h10,12,16,18,33H,3-9,11,13-15,17,19-32,36H2,1-2H3,(H,39,40)/b12-10+,18-16+/t33-/m1/s1. The van der Waals surface area contributed by atoms with Gasteiger partial charge in [0.2, 0.25) is 0 Å². The molecule has 2 atom stereocenters. The van der Waals surface area contributed by atoms with Crippen molar-refractivity contribution in [2.75, 3.05) is 26.4 Å². The molecular weight excluding hydrogens is 593 g/mol. The number of rotatable bonds is 33. The smallest absolute Gasteiger partial charge is 0.462 e. The van der Waals surface area contributed by atoms with E-state index in [-0.39, 0.29) is 32.6 Å². The van der Waals surface area contributed by atoms with Crippen molar-refractivity contribution in [3.05, 3.63) is 24.3 Å². The van der Waals surface area contributed by atoms with E-state index in [2.05, 4.69) is 38.2 Å². The van der Waals surface area contributed by atoms with E-state index in [9.17, 15) is 19.0 Å². The Kier molecular flexibility index (Phi) is 31.3. The van der Waals surface area contributed by atoms with E-state index in [1.54, 1.807) is 0 Å². The second-order valence-corrected chi connectivity index (χ2v) is 13.2. The average molecular weight is 660 g/mol. The molecule has 0 heterocycles. The van der Waals surface area contributed by atoms with Crippen LogP contribution in [0.3, 0.4) is 0 Å². The highest BCUT2D eigenvalue weighted by molar-refractivity contribution is 7.47. The highest BCUT2D eigenvalue weighted by Gasteiger charge is 2.25. The summed E-state index contributed by atoms with van der Waals surface area (Å²) in [6.45, 7) is 3.63. The number of carbonyl (C=O) groups is 2. The summed E-state index contributed by atoms with van der Waals surface area (Å²) in [7, 11) is -4.37. The number of unbranched alkanes of at least 4 members (excludes halogenated alkanes) is 16. The van der Waals surface area contributed by atoms with E-state index in [0.29, 0.717) is 12.8 Å². The number of hydrogen-bond acceptors (Lipinski definition) is 8. The molecule has 1 unspecified atom stereocenters. The van der Waals surface area contributed by atoms with E-state index < -0.39 is 32.5 Å². The van der Waals surface area contributed by atoms with Crippen LogP contribution in [0.15, 0.2) is 24.3 Å². The number of esters is 2. The van der Waals surface area contributed by atoms with Gasteiger partial charge in [-0.25, -0.2) is 4.57 Å². The second-order valence-electron chi connectivity index (χ2n) is 11.7. The van der Waals surface area contributed by atoms with E-state index in [1.165, 1.54) is 51.4 Å². The molecule has 0 aliphatic heterocycles. The predicted octanol–water partition coefficient (Wildman–Crippen LogP) is 9.27. The number of allylic oxidation sites excluding steroid dienone is 4. The van der Waals surface area contributed by atoms with Crippen LogP contribution in [0.4, 0.5) is 0 Å². The van der Waals surface area contributed by atoms with Crippen LogP contribution >= 0.6 is 7.82 Å². The predicted molar refractivity (Wildman–Crippen MR) is 183 cm³/mol. The first-order valence-electron chi connectivity index (χ1n) is 17.8. The number of phosphoric ester groups is 1. The lowest BCUT2D eigenvalue weighted by Gasteiger charge is -2.19. The van der Waals surface area contributed by atoms with Crippen molar-refractivity contribution in [2.45, 2.75) is 161 Å². The van der Waals surface area contributed by atoms with Gasteiger partial charge in [0.05, 0.1) is 13.2 Å². The Bertz CT molecular complexity index is 805. The molecule has 0 aromatic carbocycles.